The van der Waals surface area contributed by atoms with E-state index in [1.54, 1.807) is 11.9 Å². The lowest BCUT2D eigenvalue weighted by Crippen LogP contribution is -2.36. The van der Waals surface area contributed by atoms with Crippen LogP contribution in [0, 0.1) is 0 Å². The van der Waals surface area contributed by atoms with Gasteiger partial charge in [0, 0.05) is 13.5 Å². The molecule has 0 N–H and O–H groups in total. The van der Waals surface area contributed by atoms with Crippen LogP contribution in [0.1, 0.15) is 5.56 Å². The van der Waals surface area contributed by atoms with Crippen LogP contribution in [0.15, 0.2) is 33.9 Å². The molecule has 122 valence electrons. The van der Waals surface area contributed by atoms with E-state index in [-0.39, 0.29) is 28.9 Å². The standard InChI is InChI=1S/C15H14Cl2N2O4/c1-19-11(18-13(16)12(14(19)17)15(20)21-2)6-8-3-4-9-10(5-8)23-7-22-9/h3-5,11H,6-7H2,1-2H3. The molecule has 1 aromatic rings. The van der Waals surface area contributed by atoms with Gasteiger partial charge in [0.15, 0.2) is 11.5 Å². The van der Waals surface area contributed by atoms with E-state index in [0.29, 0.717) is 12.2 Å². The summed E-state index contributed by atoms with van der Waals surface area (Å²) in [5.41, 5.74) is 1.06. The number of benzene rings is 1. The van der Waals surface area contributed by atoms with Gasteiger partial charge in [0.2, 0.25) is 6.79 Å². The quantitative estimate of drug-likeness (QED) is 0.615. The maximum atomic E-state index is 11.7. The minimum Gasteiger partial charge on any atom is -0.465 e. The predicted octanol–water partition coefficient (Wildman–Crippen LogP) is 2.49. The van der Waals surface area contributed by atoms with Gasteiger partial charge in [-0.05, 0) is 17.7 Å². The van der Waals surface area contributed by atoms with Crippen molar-refractivity contribution in [3.63, 3.8) is 0 Å². The summed E-state index contributed by atoms with van der Waals surface area (Å²) >= 11 is 12.4. The van der Waals surface area contributed by atoms with Crippen molar-refractivity contribution in [3.8, 4) is 11.5 Å². The van der Waals surface area contributed by atoms with E-state index in [4.69, 9.17) is 32.7 Å². The van der Waals surface area contributed by atoms with Crippen LogP contribution >= 0.6 is 23.2 Å². The van der Waals surface area contributed by atoms with Gasteiger partial charge in [-0.25, -0.2) is 9.79 Å². The molecule has 6 nitrogen and oxygen atoms in total. The third kappa shape index (κ3) is 2.96. The Labute approximate surface area is 143 Å². The van der Waals surface area contributed by atoms with Crippen molar-refractivity contribution in [2.24, 2.45) is 4.99 Å². The molecule has 0 bridgehead atoms. The molecule has 1 unspecified atom stereocenters. The average molecular weight is 357 g/mol. The summed E-state index contributed by atoms with van der Waals surface area (Å²) in [6, 6.07) is 5.68. The number of likely N-dealkylation sites (N-methyl/N-ethyl adjacent to an activating group) is 1. The number of aliphatic imine (C=N–C) groups is 1. The highest BCUT2D eigenvalue weighted by Gasteiger charge is 2.31. The zero-order valence-electron chi connectivity index (χ0n) is 12.5. The molecule has 2 aliphatic rings. The van der Waals surface area contributed by atoms with Crippen molar-refractivity contribution in [1.82, 2.24) is 4.90 Å². The fourth-order valence-electron chi connectivity index (χ4n) is 2.41. The highest BCUT2D eigenvalue weighted by molar-refractivity contribution is 6.73. The molecule has 3 rings (SSSR count). The molecule has 0 saturated heterocycles. The Hall–Kier alpha value is -1.92. The summed E-state index contributed by atoms with van der Waals surface area (Å²) in [6.07, 6.45) is 0.220. The van der Waals surface area contributed by atoms with Crippen LogP contribution in [0.25, 0.3) is 0 Å². The number of nitrogens with zero attached hydrogens (tertiary/aromatic N) is 2. The second-order valence-electron chi connectivity index (χ2n) is 5.06. The monoisotopic (exact) mass is 356 g/mol. The summed E-state index contributed by atoms with van der Waals surface area (Å²) in [5.74, 6) is 0.809. The molecule has 0 aliphatic carbocycles. The summed E-state index contributed by atoms with van der Waals surface area (Å²) in [5, 5.41) is 0.258. The van der Waals surface area contributed by atoms with Gasteiger partial charge < -0.3 is 19.1 Å². The lowest BCUT2D eigenvalue weighted by Gasteiger charge is -2.31. The topological polar surface area (TPSA) is 60.4 Å². The number of carbonyl (C=O) groups excluding carboxylic acids is 1. The van der Waals surface area contributed by atoms with E-state index in [0.717, 1.165) is 11.3 Å². The largest absolute Gasteiger partial charge is 0.465 e. The van der Waals surface area contributed by atoms with Crippen molar-refractivity contribution in [1.29, 1.82) is 0 Å². The minimum atomic E-state index is -0.614. The number of methoxy groups -OCH3 is 1. The Balaban J connectivity index is 1.83. The van der Waals surface area contributed by atoms with Crippen LogP contribution in [-0.4, -0.2) is 43.2 Å². The summed E-state index contributed by atoms with van der Waals surface area (Å²) < 4.78 is 15.3. The Bertz CT molecular complexity index is 717. The van der Waals surface area contributed by atoms with Gasteiger partial charge in [-0.1, -0.05) is 29.3 Å². The van der Waals surface area contributed by atoms with Crippen molar-refractivity contribution >= 4 is 34.3 Å². The van der Waals surface area contributed by atoms with E-state index in [1.807, 2.05) is 18.2 Å². The van der Waals surface area contributed by atoms with Crippen molar-refractivity contribution < 1.29 is 19.0 Å². The van der Waals surface area contributed by atoms with Crippen LogP contribution in [0.2, 0.25) is 0 Å². The number of hydrogen-bond donors (Lipinski definition) is 0. The third-order valence-electron chi connectivity index (χ3n) is 3.68. The van der Waals surface area contributed by atoms with Gasteiger partial charge >= 0.3 is 5.97 Å². The summed E-state index contributed by atoms with van der Waals surface area (Å²) in [7, 11) is 3.01. The average Bonchev–Trinajstić information content (AvgIpc) is 2.99. The minimum absolute atomic E-state index is 0.0469. The molecule has 23 heavy (non-hydrogen) atoms. The highest BCUT2D eigenvalue weighted by Crippen LogP contribution is 2.34. The normalized spacial score (nSPS) is 19.7. The van der Waals surface area contributed by atoms with Gasteiger partial charge in [-0.2, -0.15) is 0 Å². The molecular formula is C15H14Cl2N2O4. The smallest absolute Gasteiger partial charge is 0.344 e. The van der Waals surface area contributed by atoms with Crippen LogP contribution in [0.4, 0.5) is 0 Å². The molecule has 0 amide bonds. The van der Waals surface area contributed by atoms with Crippen molar-refractivity contribution in [3.05, 3.63) is 34.5 Å². The predicted molar refractivity (Wildman–Crippen MR) is 86.0 cm³/mol. The van der Waals surface area contributed by atoms with Crippen LogP contribution < -0.4 is 9.47 Å². The lowest BCUT2D eigenvalue weighted by molar-refractivity contribution is -0.135. The molecule has 0 aromatic heterocycles. The zero-order chi connectivity index (χ0) is 16.6. The molecule has 2 aliphatic heterocycles. The van der Waals surface area contributed by atoms with E-state index in [9.17, 15) is 4.79 Å². The highest BCUT2D eigenvalue weighted by atomic mass is 35.5. The molecule has 1 atom stereocenters. The molecule has 2 heterocycles. The van der Waals surface area contributed by atoms with E-state index < -0.39 is 5.97 Å². The molecule has 0 spiro atoms. The first kappa shape index (κ1) is 16.0. The lowest BCUT2D eigenvalue weighted by atomic mass is 10.1. The first-order valence-corrected chi connectivity index (χ1v) is 7.60. The van der Waals surface area contributed by atoms with Crippen LogP contribution in [0.3, 0.4) is 0 Å². The maximum Gasteiger partial charge on any atom is 0.344 e. The molecular weight excluding hydrogens is 343 g/mol. The fraction of sp³-hybridized carbons (Fsp3) is 0.333. The first-order chi connectivity index (χ1) is 11.0. The van der Waals surface area contributed by atoms with Crippen LogP contribution in [-0.2, 0) is 16.0 Å². The zero-order valence-corrected chi connectivity index (χ0v) is 14.0. The second kappa shape index (κ2) is 6.29. The molecule has 0 fully saturated rings. The number of rotatable bonds is 3. The fourth-order valence-corrected chi connectivity index (χ4v) is 3.01. The van der Waals surface area contributed by atoms with Gasteiger partial charge in [0.25, 0.3) is 0 Å². The number of fused-ring (bicyclic) bond motifs is 1. The van der Waals surface area contributed by atoms with E-state index >= 15 is 0 Å². The summed E-state index contributed by atoms with van der Waals surface area (Å²) in [6.45, 7) is 0.225. The van der Waals surface area contributed by atoms with Gasteiger partial charge in [0.05, 0.1) is 7.11 Å². The number of ether oxygens (including phenoxy) is 3. The van der Waals surface area contributed by atoms with E-state index in [2.05, 4.69) is 9.73 Å². The Morgan fingerprint density at radius 3 is 2.87 bits per heavy atom. The van der Waals surface area contributed by atoms with Gasteiger partial charge in [-0.15, -0.1) is 0 Å². The molecule has 8 heteroatoms. The van der Waals surface area contributed by atoms with Gasteiger partial charge in [0.1, 0.15) is 22.1 Å². The Kier molecular flexibility index (Phi) is 4.37. The SMILES string of the molecule is COC(=O)C1=C(Cl)N(C)C(Cc2ccc3c(c2)OCO3)N=C1Cl. The number of halogens is 2. The van der Waals surface area contributed by atoms with Crippen molar-refractivity contribution in [2.45, 2.75) is 12.6 Å². The molecule has 1 aromatic carbocycles. The van der Waals surface area contributed by atoms with Crippen LogP contribution in [0.5, 0.6) is 11.5 Å². The van der Waals surface area contributed by atoms with E-state index in [1.165, 1.54) is 7.11 Å². The number of carbonyl (C=O) groups is 1. The number of hydrogen-bond acceptors (Lipinski definition) is 6. The van der Waals surface area contributed by atoms with Gasteiger partial charge in [-0.3, -0.25) is 0 Å². The first-order valence-electron chi connectivity index (χ1n) is 6.84. The Morgan fingerprint density at radius 1 is 1.39 bits per heavy atom. The second-order valence-corrected chi connectivity index (χ2v) is 5.78. The third-order valence-corrected chi connectivity index (χ3v) is 4.42. The number of esters is 1. The Morgan fingerprint density at radius 2 is 2.13 bits per heavy atom. The van der Waals surface area contributed by atoms with Crippen molar-refractivity contribution in [2.75, 3.05) is 21.0 Å². The summed E-state index contributed by atoms with van der Waals surface area (Å²) in [4.78, 5) is 17.8. The maximum absolute atomic E-state index is 11.7. The molecule has 0 saturated carbocycles. The molecule has 0 radical (unpaired) electrons.